The van der Waals surface area contributed by atoms with E-state index in [1.165, 1.54) is 12.1 Å². The first-order valence-corrected chi connectivity index (χ1v) is 9.52. The van der Waals surface area contributed by atoms with E-state index in [4.69, 9.17) is 5.11 Å². The second kappa shape index (κ2) is 7.83. The largest absolute Gasteiger partial charge is 0.393 e. The molecule has 0 saturated carbocycles. The summed E-state index contributed by atoms with van der Waals surface area (Å²) in [6.07, 6.45) is -1.06. The number of hydrogen-bond acceptors (Lipinski definition) is 5. The number of hydrogen-bond donors (Lipinski definition) is 3. The molecule has 0 aliphatic heterocycles. The Morgan fingerprint density at radius 2 is 1.67 bits per heavy atom. The highest BCUT2D eigenvalue weighted by Crippen LogP contribution is 2.23. The quantitative estimate of drug-likeness (QED) is 0.603. The summed E-state index contributed by atoms with van der Waals surface area (Å²) >= 11 is 0. The molecular weight excluding hydrogens is 371 g/mol. The molecule has 0 aliphatic carbocycles. The van der Waals surface area contributed by atoms with Crippen LogP contribution in [-0.4, -0.2) is 30.2 Å². The van der Waals surface area contributed by atoms with Gasteiger partial charge in [-0.1, -0.05) is 18.2 Å². The highest BCUT2D eigenvalue weighted by Gasteiger charge is 2.14. The lowest BCUT2D eigenvalue weighted by atomic mass is 10.1. The summed E-state index contributed by atoms with van der Waals surface area (Å²) in [6.45, 7) is -0.430. The maximum atomic E-state index is 13.0. The molecule has 0 amide bonds. The second-order valence-corrected chi connectivity index (χ2v) is 7.47. The number of nitrogens with zero attached hydrogens (tertiary/aromatic N) is 1. The SMILES string of the molecule is O=S(=O)(Nc1ccc(-c2cccc(C(O)CO)n2)cc1)c1ccc(F)cc1. The van der Waals surface area contributed by atoms with E-state index in [2.05, 4.69) is 9.71 Å². The number of sulfonamides is 1. The average Bonchev–Trinajstić information content (AvgIpc) is 2.68. The molecule has 0 aliphatic rings. The third kappa shape index (κ3) is 4.48. The second-order valence-electron chi connectivity index (χ2n) is 5.78. The number of benzene rings is 2. The number of halogens is 1. The fourth-order valence-corrected chi connectivity index (χ4v) is 3.49. The molecule has 0 radical (unpaired) electrons. The molecule has 1 heterocycles. The zero-order chi connectivity index (χ0) is 19.4. The third-order valence-electron chi connectivity index (χ3n) is 3.84. The predicted octanol–water partition coefficient (Wildman–Crippen LogP) is 2.71. The van der Waals surface area contributed by atoms with Crippen LogP contribution in [0.5, 0.6) is 0 Å². The number of pyridine rings is 1. The van der Waals surface area contributed by atoms with Gasteiger partial charge in [0.1, 0.15) is 11.9 Å². The van der Waals surface area contributed by atoms with Crippen LogP contribution in [0.4, 0.5) is 10.1 Å². The zero-order valence-electron chi connectivity index (χ0n) is 14.1. The van der Waals surface area contributed by atoms with Gasteiger partial charge in [-0.15, -0.1) is 0 Å². The van der Waals surface area contributed by atoms with Crippen LogP contribution in [0, 0.1) is 5.82 Å². The smallest absolute Gasteiger partial charge is 0.261 e. The number of aromatic nitrogens is 1. The lowest BCUT2D eigenvalue weighted by Gasteiger charge is -2.10. The highest BCUT2D eigenvalue weighted by atomic mass is 32.2. The maximum absolute atomic E-state index is 13.0. The average molecular weight is 388 g/mol. The Hall–Kier alpha value is -2.81. The highest BCUT2D eigenvalue weighted by molar-refractivity contribution is 7.92. The van der Waals surface area contributed by atoms with Crippen molar-refractivity contribution in [2.24, 2.45) is 0 Å². The van der Waals surface area contributed by atoms with Gasteiger partial charge in [0, 0.05) is 11.3 Å². The molecule has 8 heteroatoms. The minimum atomic E-state index is -3.82. The van der Waals surface area contributed by atoms with Gasteiger partial charge in [-0.2, -0.15) is 0 Å². The molecule has 2 aromatic carbocycles. The van der Waals surface area contributed by atoms with Gasteiger partial charge in [0.25, 0.3) is 10.0 Å². The molecule has 0 fully saturated rings. The van der Waals surface area contributed by atoms with Crippen LogP contribution in [0.3, 0.4) is 0 Å². The summed E-state index contributed by atoms with van der Waals surface area (Å²) in [4.78, 5) is 4.25. The van der Waals surface area contributed by atoms with Gasteiger partial charge in [0.05, 0.1) is 22.9 Å². The Morgan fingerprint density at radius 3 is 2.30 bits per heavy atom. The van der Waals surface area contributed by atoms with E-state index in [1.54, 1.807) is 42.5 Å². The van der Waals surface area contributed by atoms with Gasteiger partial charge in [-0.25, -0.2) is 17.8 Å². The fourth-order valence-electron chi connectivity index (χ4n) is 2.43. The predicted molar refractivity (Wildman–Crippen MR) is 98.9 cm³/mol. The van der Waals surface area contributed by atoms with Crippen LogP contribution < -0.4 is 4.72 Å². The van der Waals surface area contributed by atoms with Crippen LogP contribution in [0.2, 0.25) is 0 Å². The van der Waals surface area contributed by atoms with Crippen LogP contribution >= 0.6 is 0 Å². The summed E-state index contributed by atoms with van der Waals surface area (Å²) in [7, 11) is -3.82. The van der Waals surface area contributed by atoms with Gasteiger partial charge in [0.2, 0.25) is 0 Å². The molecule has 27 heavy (non-hydrogen) atoms. The number of anilines is 1. The topological polar surface area (TPSA) is 99.5 Å². The molecule has 0 saturated heterocycles. The molecule has 6 nitrogen and oxygen atoms in total. The Morgan fingerprint density at radius 1 is 1.00 bits per heavy atom. The van der Waals surface area contributed by atoms with E-state index in [1.807, 2.05) is 0 Å². The van der Waals surface area contributed by atoms with Crippen molar-refractivity contribution in [3.05, 3.63) is 78.2 Å². The van der Waals surface area contributed by atoms with Crippen molar-refractivity contribution in [1.29, 1.82) is 0 Å². The van der Waals surface area contributed by atoms with E-state index >= 15 is 0 Å². The van der Waals surface area contributed by atoms with Crippen molar-refractivity contribution in [2.45, 2.75) is 11.0 Å². The molecule has 1 atom stereocenters. The van der Waals surface area contributed by atoms with Crippen molar-refractivity contribution in [3.63, 3.8) is 0 Å². The molecule has 0 spiro atoms. The van der Waals surface area contributed by atoms with Crippen molar-refractivity contribution >= 4 is 15.7 Å². The van der Waals surface area contributed by atoms with Crippen LogP contribution in [-0.2, 0) is 10.0 Å². The van der Waals surface area contributed by atoms with Gasteiger partial charge in [0.15, 0.2) is 0 Å². The lowest BCUT2D eigenvalue weighted by Crippen LogP contribution is -2.12. The molecule has 1 unspecified atom stereocenters. The van der Waals surface area contributed by atoms with E-state index in [9.17, 15) is 17.9 Å². The Bertz CT molecular complexity index is 1020. The number of nitrogens with one attached hydrogen (secondary N) is 1. The number of aliphatic hydroxyl groups is 2. The van der Waals surface area contributed by atoms with Crippen molar-refractivity contribution in [1.82, 2.24) is 4.98 Å². The van der Waals surface area contributed by atoms with E-state index in [0.717, 1.165) is 12.1 Å². The summed E-state index contributed by atoms with van der Waals surface area (Å²) in [5.41, 5.74) is 1.98. The monoisotopic (exact) mass is 388 g/mol. The van der Waals surface area contributed by atoms with Crippen molar-refractivity contribution in [2.75, 3.05) is 11.3 Å². The molecule has 0 bridgehead atoms. The molecule has 3 N–H and O–H groups in total. The molecule has 3 rings (SSSR count). The van der Waals surface area contributed by atoms with Crippen LogP contribution in [0.15, 0.2) is 71.6 Å². The molecule has 1 aromatic heterocycles. The standard InChI is InChI=1S/C19H17FN2O4S/c20-14-6-10-16(11-7-14)27(25,26)22-15-8-4-13(5-9-15)17-2-1-3-18(21-17)19(24)12-23/h1-11,19,22-24H,12H2. The van der Waals surface area contributed by atoms with Crippen LogP contribution in [0.1, 0.15) is 11.8 Å². The lowest BCUT2D eigenvalue weighted by molar-refractivity contribution is 0.0923. The van der Waals surface area contributed by atoms with E-state index in [-0.39, 0.29) is 4.90 Å². The molecule has 140 valence electrons. The van der Waals surface area contributed by atoms with Gasteiger partial charge in [-0.05, 0) is 48.5 Å². The molecule has 3 aromatic rings. The number of aliphatic hydroxyl groups excluding tert-OH is 2. The van der Waals surface area contributed by atoms with Gasteiger partial charge >= 0.3 is 0 Å². The van der Waals surface area contributed by atoms with Crippen molar-refractivity contribution in [3.8, 4) is 11.3 Å². The van der Waals surface area contributed by atoms with E-state index < -0.39 is 28.6 Å². The fraction of sp³-hybridized carbons (Fsp3) is 0.105. The Balaban J connectivity index is 1.80. The normalized spacial score (nSPS) is 12.6. The van der Waals surface area contributed by atoms with Crippen molar-refractivity contribution < 1.29 is 23.0 Å². The minimum absolute atomic E-state index is 0.0414. The first-order valence-electron chi connectivity index (χ1n) is 8.04. The summed E-state index contributed by atoms with van der Waals surface area (Å²) in [6, 6.07) is 16.1. The first kappa shape index (κ1) is 19.0. The molecular formula is C19H17FN2O4S. The minimum Gasteiger partial charge on any atom is -0.393 e. The summed E-state index contributed by atoms with van der Waals surface area (Å²) < 4.78 is 40.0. The zero-order valence-corrected chi connectivity index (χ0v) is 14.9. The van der Waals surface area contributed by atoms with E-state index in [0.29, 0.717) is 22.6 Å². The van der Waals surface area contributed by atoms with Gasteiger partial charge in [-0.3, -0.25) is 4.72 Å². The summed E-state index contributed by atoms with van der Waals surface area (Å²) in [5.74, 6) is -0.514. The van der Waals surface area contributed by atoms with Gasteiger partial charge < -0.3 is 10.2 Å². The number of rotatable bonds is 6. The Labute approximate surface area is 156 Å². The maximum Gasteiger partial charge on any atom is 0.261 e. The third-order valence-corrected chi connectivity index (χ3v) is 5.24. The Kier molecular flexibility index (Phi) is 5.50. The van der Waals surface area contributed by atoms with Crippen LogP contribution in [0.25, 0.3) is 11.3 Å². The summed E-state index contributed by atoms with van der Waals surface area (Å²) in [5, 5.41) is 18.7. The first-order chi connectivity index (χ1) is 12.9.